The zero-order chi connectivity index (χ0) is 7.98. The lowest BCUT2D eigenvalue weighted by atomic mass is 10.2. The lowest BCUT2D eigenvalue weighted by Crippen LogP contribution is -1.91. The quantitative estimate of drug-likeness (QED) is 0.483. The van der Waals surface area contributed by atoms with Crippen LogP contribution < -0.4 is 0 Å². The van der Waals surface area contributed by atoms with Gasteiger partial charge in [-0.05, 0) is 13.3 Å². The lowest BCUT2D eigenvalue weighted by Gasteiger charge is -2.01. The van der Waals surface area contributed by atoms with Gasteiger partial charge in [-0.3, -0.25) is 0 Å². The topological polar surface area (TPSA) is 0 Å². The summed E-state index contributed by atoms with van der Waals surface area (Å²) < 4.78 is 0. The average molecular weight is 202 g/mol. The van der Waals surface area contributed by atoms with Crippen LogP contribution in [-0.4, -0.2) is 4.83 Å². The molecule has 0 aliphatic carbocycles. The van der Waals surface area contributed by atoms with Crippen LogP contribution >= 0.6 is 15.9 Å². The number of hydrogen-bond acceptors (Lipinski definition) is 0. The van der Waals surface area contributed by atoms with Gasteiger partial charge in [-0.15, -0.1) is 0 Å². The van der Waals surface area contributed by atoms with Crippen LogP contribution in [-0.2, 0) is 0 Å². The molecule has 1 unspecified atom stereocenters. The minimum absolute atomic E-state index is 0.461. The third kappa shape index (κ3) is 4.80. The van der Waals surface area contributed by atoms with Crippen molar-refractivity contribution in [3.05, 3.63) is 31.2 Å². The second-order valence-electron chi connectivity index (χ2n) is 2.27. The van der Waals surface area contributed by atoms with Crippen molar-refractivity contribution in [2.45, 2.75) is 24.6 Å². The van der Waals surface area contributed by atoms with E-state index in [9.17, 15) is 0 Å². The highest BCUT2D eigenvalue weighted by Crippen LogP contribution is 2.11. The molecule has 0 saturated heterocycles. The van der Waals surface area contributed by atoms with E-state index in [0.717, 1.165) is 12.8 Å². The number of hydrogen-bond donors (Lipinski definition) is 0. The Morgan fingerprint density at radius 3 is 2.70 bits per heavy atom. The van der Waals surface area contributed by atoms with Crippen molar-refractivity contribution < 1.29 is 0 Å². The van der Waals surface area contributed by atoms with Crippen LogP contribution in [0, 0.1) is 6.92 Å². The molecule has 0 rings (SSSR count). The highest BCUT2D eigenvalue weighted by molar-refractivity contribution is 9.09. The van der Waals surface area contributed by atoms with Gasteiger partial charge in [0.1, 0.15) is 0 Å². The van der Waals surface area contributed by atoms with E-state index in [0.29, 0.717) is 4.83 Å². The normalized spacial score (nSPS) is 14.9. The van der Waals surface area contributed by atoms with E-state index in [1.165, 1.54) is 5.57 Å². The van der Waals surface area contributed by atoms with Gasteiger partial charge in [0, 0.05) is 4.83 Å². The highest BCUT2D eigenvalue weighted by atomic mass is 79.9. The zero-order valence-electron chi connectivity index (χ0n) is 6.44. The van der Waals surface area contributed by atoms with Gasteiger partial charge in [0.25, 0.3) is 0 Å². The fourth-order valence-electron chi connectivity index (χ4n) is 0.632. The first-order valence-corrected chi connectivity index (χ1v) is 4.36. The first-order valence-electron chi connectivity index (χ1n) is 3.45. The molecule has 1 heteroatoms. The Kier molecular flexibility index (Phi) is 5.70. The molecule has 0 aromatic heterocycles. The molecule has 57 valence electrons. The first-order chi connectivity index (χ1) is 4.70. The summed E-state index contributed by atoms with van der Waals surface area (Å²) in [6.07, 6.45) is 6.07. The molecule has 0 nitrogen and oxygen atoms in total. The van der Waals surface area contributed by atoms with Gasteiger partial charge in [0.05, 0.1) is 0 Å². The molecule has 1 radical (unpaired) electrons. The van der Waals surface area contributed by atoms with Crippen molar-refractivity contribution >= 4 is 15.9 Å². The summed E-state index contributed by atoms with van der Waals surface area (Å²) >= 11 is 3.52. The van der Waals surface area contributed by atoms with Crippen LogP contribution in [0.5, 0.6) is 0 Å². The third-order valence-electron chi connectivity index (χ3n) is 1.25. The summed E-state index contributed by atoms with van der Waals surface area (Å²) in [7, 11) is 0. The van der Waals surface area contributed by atoms with E-state index in [-0.39, 0.29) is 0 Å². The maximum Gasteiger partial charge on any atom is 0.0330 e. The van der Waals surface area contributed by atoms with Gasteiger partial charge in [0.15, 0.2) is 0 Å². The minimum Gasteiger partial charge on any atom is -0.0988 e. The molecule has 0 heterocycles. The molecule has 0 aromatic rings. The molecule has 0 fully saturated rings. The Balaban J connectivity index is 3.73. The van der Waals surface area contributed by atoms with Gasteiger partial charge in [-0.1, -0.05) is 53.6 Å². The largest absolute Gasteiger partial charge is 0.0988 e. The highest BCUT2D eigenvalue weighted by Gasteiger charge is 1.96. The summed E-state index contributed by atoms with van der Waals surface area (Å²) in [6.45, 7) is 9.49. The van der Waals surface area contributed by atoms with E-state index in [2.05, 4.69) is 35.5 Å². The van der Waals surface area contributed by atoms with E-state index < -0.39 is 0 Å². The zero-order valence-corrected chi connectivity index (χ0v) is 8.02. The van der Waals surface area contributed by atoms with E-state index in [4.69, 9.17) is 0 Å². The molecule has 0 amide bonds. The number of halogens is 1. The average Bonchev–Trinajstić information content (AvgIpc) is 1.88. The Labute approximate surface area is 72.1 Å². The maximum absolute atomic E-state index is 3.77. The van der Waals surface area contributed by atoms with Gasteiger partial charge in [-0.25, -0.2) is 0 Å². The van der Waals surface area contributed by atoms with Crippen LogP contribution in [0.25, 0.3) is 0 Å². The van der Waals surface area contributed by atoms with Crippen LogP contribution in [0.4, 0.5) is 0 Å². The van der Waals surface area contributed by atoms with Crippen LogP contribution in [0.3, 0.4) is 0 Å². The van der Waals surface area contributed by atoms with Gasteiger partial charge in [0.2, 0.25) is 0 Å². The second kappa shape index (κ2) is 5.72. The van der Waals surface area contributed by atoms with Gasteiger partial charge >= 0.3 is 0 Å². The summed E-state index contributed by atoms with van der Waals surface area (Å²) in [5, 5.41) is 0. The van der Waals surface area contributed by atoms with Crippen LogP contribution in [0.15, 0.2) is 24.3 Å². The minimum atomic E-state index is 0.461. The van der Waals surface area contributed by atoms with Crippen molar-refractivity contribution in [2.24, 2.45) is 0 Å². The van der Waals surface area contributed by atoms with E-state index >= 15 is 0 Å². The van der Waals surface area contributed by atoms with Crippen molar-refractivity contribution in [1.82, 2.24) is 0 Å². The molecule has 1 atom stereocenters. The van der Waals surface area contributed by atoms with Crippen molar-refractivity contribution in [3.8, 4) is 0 Å². The van der Waals surface area contributed by atoms with Gasteiger partial charge < -0.3 is 0 Å². The van der Waals surface area contributed by atoms with E-state index in [1.807, 2.05) is 13.0 Å². The fraction of sp³-hybridized carbons (Fsp3) is 0.444. The number of allylic oxidation sites excluding steroid dienone is 3. The lowest BCUT2D eigenvalue weighted by molar-refractivity contribution is 0.888. The maximum atomic E-state index is 3.77. The monoisotopic (exact) mass is 201 g/mol. The molecular formula is C9H14Br. The Hall–Kier alpha value is -0.0400. The molecule has 0 aliphatic rings. The summed E-state index contributed by atoms with van der Waals surface area (Å²) in [5.41, 5.74) is 1.22. The molecule has 0 aliphatic heterocycles. The SMILES string of the molecule is [CH2]CCC(Br)C=C(C)C=C. The summed E-state index contributed by atoms with van der Waals surface area (Å²) in [5.74, 6) is 0. The van der Waals surface area contributed by atoms with Crippen molar-refractivity contribution in [1.29, 1.82) is 0 Å². The van der Waals surface area contributed by atoms with E-state index in [1.54, 1.807) is 0 Å². The number of alkyl halides is 1. The molecule has 10 heavy (non-hydrogen) atoms. The molecule has 0 saturated carbocycles. The molecular weight excluding hydrogens is 188 g/mol. The van der Waals surface area contributed by atoms with Crippen LogP contribution in [0.2, 0.25) is 0 Å². The Morgan fingerprint density at radius 2 is 2.30 bits per heavy atom. The van der Waals surface area contributed by atoms with Crippen molar-refractivity contribution in [3.63, 3.8) is 0 Å². The first kappa shape index (κ1) is 9.96. The predicted molar refractivity (Wildman–Crippen MR) is 51.3 cm³/mol. The number of rotatable bonds is 4. The predicted octanol–water partition coefficient (Wildman–Crippen LogP) is 3.50. The fourth-order valence-corrected chi connectivity index (χ4v) is 1.37. The Bertz CT molecular complexity index is 125. The van der Waals surface area contributed by atoms with Crippen molar-refractivity contribution in [2.75, 3.05) is 0 Å². The second-order valence-corrected chi connectivity index (χ2v) is 3.45. The Morgan fingerprint density at radius 1 is 1.70 bits per heavy atom. The van der Waals surface area contributed by atoms with Crippen LogP contribution in [0.1, 0.15) is 19.8 Å². The summed E-state index contributed by atoms with van der Waals surface area (Å²) in [4.78, 5) is 0.461. The molecule has 0 aromatic carbocycles. The third-order valence-corrected chi connectivity index (χ3v) is 1.97. The molecule has 0 bridgehead atoms. The molecule has 0 N–H and O–H groups in total. The smallest absolute Gasteiger partial charge is 0.0330 e. The molecule has 0 spiro atoms. The summed E-state index contributed by atoms with van der Waals surface area (Å²) in [6, 6.07) is 0. The standard InChI is InChI=1S/C9H14Br/c1-4-6-9(10)7-8(3)5-2/h5,7,9H,1-2,4,6H2,3H3. The van der Waals surface area contributed by atoms with Gasteiger partial charge in [-0.2, -0.15) is 0 Å².